The SMILES string of the molecule is NS(=O)(=O)N(CC1CCC(C(F)(F)F)CC1)C1CCNCC1. The Labute approximate surface area is 129 Å². The summed E-state index contributed by atoms with van der Waals surface area (Å²) in [6.07, 6.45) is -1.79. The van der Waals surface area contributed by atoms with Crippen LogP contribution in [0.5, 0.6) is 0 Å². The standard InChI is InChI=1S/C13H24F3N3O2S/c14-13(15,16)11-3-1-10(2-4-11)9-19(22(17,20)21)12-5-7-18-8-6-12/h10-12,18H,1-9H2,(H2,17,20,21). The minimum absolute atomic E-state index is 0.0354. The summed E-state index contributed by atoms with van der Waals surface area (Å²) in [4.78, 5) is 0. The Morgan fingerprint density at radius 1 is 1.05 bits per heavy atom. The molecule has 130 valence electrons. The van der Waals surface area contributed by atoms with Gasteiger partial charge in [0.1, 0.15) is 0 Å². The van der Waals surface area contributed by atoms with E-state index in [-0.39, 0.29) is 31.3 Å². The van der Waals surface area contributed by atoms with Gasteiger partial charge in [-0.25, -0.2) is 5.14 Å². The van der Waals surface area contributed by atoms with Crippen molar-refractivity contribution in [2.75, 3.05) is 19.6 Å². The fourth-order valence-corrected chi connectivity index (χ4v) is 4.53. The summed E-state index contributed by atoms with van der Waals surface area (Å²) in [6.45, 7) is 1.71. The fraction of sp³-hybridized carbons (Fsp3) is 1.00. The lowest BCUT2D eigenvalue weighted by Gasteiger charge is -2.37. The number of nitrogens with one attached hydrogen (secondary N) is 1. The third-order valence-corrected chi connectivity index (χ3v) is 5.89. The topological polar surface area (TPSA) is 75.4 Å². The second-order valence-corrected chi connectivity index (χ2v) is 7.85. The van der Waals surface area contributed by atoms with Gasteiger partial charge in [0, 0.05) is 12.6 Å². The maximum Gasteiger partial charge on any atom is 0.391 e. The Hall–Kier alpha value is -0.380. The van der Waals surface area contributed by atoms with Crippen LogP contribution in [0.2, 0.25) is 0 Å². The van der Waals surface area contributed by atoms with Crippen LogP contribution in [0.1, 0.15) is 38.5 Å². The molecule has 1 aliphatic heterocycles. The molecule has 3 N–H and O–H groups in total. The largest absolute Gasteiger partial charge is 0.391 e. The van der Waals surface area contributed by atoms with Crippen LogP contribution in [0.3, 0.4) is 0 Å². The van der Waals surface area contributed by atoms with Crippen LogP contribution in [-0.2, 0) is 10.2 Å². The van der Waals surface area contributed by atoms with Gasteiger partial charge >= 0.3 is 6.18 Å². The molecule has 0 aromatic rings. The van der Waals surface area contributed by atoms with Gasteiger partial charge in [-0.3, -0.25) is 0 Å². The van der Waals surface area contributed by atoms with E-state index in [2.05, 4.69) is 5.32 Å². The minimum Gasteiger partial charge on any atom is -0.317 e. The second kappa shape index (κ2) is 7.02. The summed E-state index contributed by atoms with van der Waals surface area (Å²) in [5, 5.41) is 8.48. The molecule has 2 fully saturated rings. The maximum atomic E-state index is 12.7. The molecule has 2 aliphatic rings. The molecular formula is C13H24F3N3O2S. The number of nitrogens with zero attached hydrogens (tertiary/aromatic N) is 1. The number of hydrogen-bond acceptors (Lipinski definition) is 3. The first-order chi connectivity index (χ1) is 10.2. The van der Waals surface area contributed by atoms with Gasteiger partial charge < -0.3 is 5.32 Å². The molecule has 0 amide bonds. The van der Waals surface area contributed by atoms with Crippen LogP contribution in [0.4, 0.5) is 13.2 Å². The van der Waals surface area contributed by atoms with Crippen molar-refractivity contribution in [3.8, 4) is 0 Å². The zero-order chi connectivity index (χ0) is 16.4. The third kappa shape index (κ3) is 4.81. The van der Waals surface area contributed by atoms with Gasteiger partial charge in [-0.05, 0) is 57.5 Å². The summed E-state index contributed by atoms with van der Waals surface area (Å²) in [5.74, 6) is -1.28. The molecule has 1 heterocycles. The highest BCUT2D eigenvalue weighted by Crippen LogP contribution is 2.40. The van der Waals surface area contributed by atoms with E-state index in [4.69, 9.17) is 5.14 Å². The first kappa shape index (κ1) is 18.0. The normalized spacial score (nSPS) is 29.0. The van der Waals surface area contributed by atoms with Gasteiger partial charge in [-0.2, -0.15) is 25.9 Å². The van der Waals surface area contributed by atoms with E-state index in [0.717, 1.165) is 13.1 Å². The van der Waals surface area contributed by atoms with Gasteiger partial charge in [-0.1, -0.05) is 0 Å². The summed E-state index contributed by atoms with van der Waals surface area (Å²) < 4.78 is 63.0. The molecular weight excluding hydrogens is 319 g/mol. The van der Waals surface area contributed by atoms with Crippen LogP contribution in [0.25, 0.3) is 0 Å². The van der Waals surface area contributed by atoms with Crippen molar-refractivity contribution in [2.24, 2.45) is 17.0 Å². The van der Waals surface area contributed by atoms with E-state index in [1.807, 2.05) is 0 Å². The van der Waals surface area contributed by atoms with Gasteiger partial charge in [0.15, 0.2) is 0 Å². The average molecular weight is 343 g/mol. The van der Waals surface area contributed by atoms with Crippen molar-refractivity contribution in [3.63, 3.8) is 0 Å². The van der Waals surface area contributed by atoms with Crippen molar-refractivity contribution in [1.29, 1.82) is 0 Å². The summed E-state index contributed by atoms with van der Waals surface area (Å²) >= 11 is 0. The molecule has 5 nitrogen and oxygen atoms in total. The lowest BCUT2D eigenvalue weighted by molar-refractivity contribution is -0.184. The minimum atomic E-state index is -4.14. The summed E-state index contributed by atoms with van der Waals surface area (Å²) in [6, 6.07) is -0.142. The highest BCUT2D eigenvalue weighted by Gasteiger charge is 2.42. The van der Waals surface area contributed by atoms with Crippen LogP contribution < -0.4 is 10.5 Å². The van der Waals surface area contributed by atoms with E-state index in [1.165, 1.54) is 4.31 Å². The molecule has 0 bridgehead atoms. The van der Waals surface area contributed by atoms with Crippen molar-refractivity contribution in [1.82, 2.24) is 9.62 Å². The quantitative estimate of drug-likeness (QED) is 0.814. The van der Waals surface area contributed by atoms with Gasteiger partial charge in [0.05, 0.1) is 5.92 Å². The molecule has 0 spiro atoms. The van der Waals surface area contributed by atoms with E-state index in [1.54, 1.807) is 0 Å². The van der Waals surface area contributed by atoms with Crippen molar-refractivity contribution < 1.29 is 21.6 Å². The zero-order valence-corrected chi connectivity index (χ0v) is 13.3. The highest BCUT2D eigenvalue weighted by molar-refractivity contribution is 7.86. The third-order valence-electron chi connectivity index (χ3n) is 4.79. The van der Waals surface area contributed by atoms with Crippen LogP contribution in [-0.4, -0.2) is 44.6 Å². The van der Waals surface area contributed by atoms with Crippen LogP contribution in [0, 0.1) is 11.8 Å². The first-order valence-electron chi connectivity index (χ1n) is 7.75. The van der Waals surface area contributed by atoms with Crippen molar-refractivity contribution in [3.05, 3.63) is 0 Å². The molecule has 2 rings (SSSR count). The lowest BCUT2D eigenvalue weighted by atomic mass is 9.81. The summed E-state index contributed by atoms with van der Waals surface area (Å²) in [5.41, 5.74) is 0. The van der Waals surface area contributed by atoms with E-state index >= 15 is 0 Å². The average Bonchev–Trinajstić information content (AvgIpc) is 2.44. The molecule has 0 atom stereocenters. The molecule has 1 saturated carbocycles. The van der Waals surface area contributed by atoms with Crippen molar-refractivity contribution in [2.45, 2.75) is 50.7 Å². The Morgan fingerprint density at radius 3 is 2.05 bits per heavy atom. The number of piperidine rings is 1. The molecule has 1 saturated heterocycles. The molecule has 22 heavy (non-hydrogen) atoms. The predicted octanol–water partition coefficient (Wildman–Crippen LogP) is 1.61. The van der Waals surface area contributed by atoms with Gasteiger partial charge in [-0.15, -0.1) is 0 Å². The lowest BCUT2D eigenvalue weighted by Crippen LogP contribution is -2.50. The van der Waals surface area contributed by atoms with E-state index in [9.17, 15) is 21.6 Å². The molecule has 0 aromatic heterocycles. The second-order valence-electron chi connectivity index (χ2n) is 6.36. The smallest absolute Gasteiger partial charge is 0.317 e. The Morgan fingerprint density at radius 2 is 1.59 bits per heavy atom. The predicted molar refractivity (Wildman–Crippen MR) is 77.2 cm³/mol. The molecule has 9 heteroatoms. The number of alkyl halides is 3. The number of halogens is 3. The Bertz CT molecular complexity index is 456. The monoisotopic (exact) mass is 343 g/mol. The molecule has 0 unspecified atom stereocenters. The van der Waals surface area contributed by atoms with Gasteiger partial charge in [0.25, 0.3) is 10.2 Å². The molecule has 0 aromatic carbocycles. The Balaban J connectivity index is 1.94. The van der Waals surface area contributed by atoms with Crippen LogP contribution in [0.15, 0.2) is 0 Å². The van der Waals surface area contributed by atoms with Crippen LogP contribution >= 0.6 is 0 Å². The van der Waals surface area contributed by atoms with E-state index < -0.39 is 22.3 Å². The number of nitrogens with two attached hydrogens (primary N) is 1. The van der Waals surface area contributed by atoms with Gasteiger partial charge in [0.2, 0.25) is 0 Å². The number of rotatable bonds is 4. The Kier molecular flexibility index (Phi) is 5.73. The highest BCUT2D eigenvalue weighted by atomic mass is 32.2. The summed E-state index contributed by atoms with van der Waals surface area (Å²) in [7, 11) is -3.82. The number of hydrogen-bond donors (Lipinski definition) is 2. The molecule has 1 aliphatic carbocycles. The maximum absolute atomic E-state index is 12.7. The zero-order valence-electron chi connectivity index (χ0n) is 12.5. The first-order valence-corrected chi connectivity index (χ1v) is 9.25. The van der Waals surface area contributed by atoms with E-state index in [0.29, 0.717) is 25.7 Å². The van der Waals surface area contributed by atoms with Crippen molar-refractivity contribution >= 4 is 10.2 Å². The fourth-order valence-electron chi connectivity index (χ4n) is 3.48. The molecule has 0 radical (unpaired) electrons.